The fourth-order valence-electron chi connectivity index (χ4n) is 1.95. The van der Waals surface area contributed by atoms with Crippen LogP contribution in [0.2, 0.25) is 0 Å². The van der Waals surface area contributed by atoms with Crippen molar-refractivity contribution < 1.29 is 4.39 Å². The predicted molar refractivity (Wildman–Crippen MR) is 71.7 cm³/mol. The number of halogens is 3. The molecule has 16 heavy (non-hydrogen) atoms. The van der Waals surface area contributed by atoms with E-state index < -0.39 is 0 Å². The van der Waals surface area contributed by atoms with E-state index in [4.69, 9.17) is 11.6 Å². The van der Waals surface area contributed by atoms with Gasteiger partial charge in [0.05, 0.1) is 0 Å². The van der Waals surface area contributed by atoms with Crippen LogP contribution < -0.4 is 0 Å². The zero-order valence-corrected chi connectivity index (χ0v) is 11.8. The van der Waals surface area contributed by atoms with E-state index in [1.165, 1.54) is 6.07 Å². The molecule has 0 aliphatic carbocycles. The molecule has 1 rings (SSSR count). The van der Waals surface area contributed by atoms with Crippen molar-refractivity contribution in [3.8, 4) is 0 Å². The molecule has 0 saturated heterocycles. The smallest absolute Gasteiger partial charge is 0.126 e. The molecule has 0 nitrogen and oxygen atoms in total. The second-order valence-electron chi connectivity index (χ2n) is 3.98. The standard InChI is InChI=1S/C13H17BrClF/c1-2-4-10(5-3-8-15)12-9-11(14)6-7-13(12)16/h6-7,9-10H,2-5,8H2,1H3. The third kappa shape index (κ3) is 4.06. The van der Waals surface area contributed by atoms with E-state index in [0.717, 1.165) is 35.7 Å². The van der Waals surface area contributed by atoms with Gasteiger partial charge in [-0.3, -0.25) is 0 Å². The number of hydrogen-bond acceptors (Lipinski definition) is 0. The fraction of sp³-hybridized carbons (Fsp3) is 0.538. The molecular weight excluding hydrogens is 290 g/mol. The van der Waals surface area contributed by atoms with Crippen molar-refractivity contribution in [3.63, 3.8) is 0 Å². The summed E-state index contributed by atoms with van der Waals surface area (Å²) in [5, 5.41) is 0. The Bertz CT molecular complexity index is 328. The van der Waals surface area contributed by atoms with Gasteiger partial charge in [0.15, 0.2) is 0 Å². The summed E-state index contributed by atoms with van der Waals surface area (Å²) in [5.74, 6) is 0.841. The van der Waals surface area contributed by atoms with Gasteiger partial charge in [-0.15, -0.1) is 11.6 Å². The highest BCUT2D eigenvalue weighted by Crippen LogP contribution is 2.30. The number of hydrogen-bond donors (Lipinski definition) is 0. The maximum Gasteiger partial charge on any atom is 0.126 e. The Labute approximate surface area is 110 Å². The Hall–Kier alpha value is -0.0800. The van der Waals surface area contributed by atoms with E-state index >= 15 is 0 Å². The van der Waals surface area contributed by atoms with Crippen LogP contribution in [-0.2, 0) is 0 Å². The van der Waals surface area contributed by atoms with Crippen molar-refractivity contribution in [3.05, 3.63) is 34.1 Å². The van der Waals surface area contributed by atoms with E-state index in [2.05, 4.69) is 22.9 Å². The molecule has 0 heterocycles. The van der Waals surface area contributed by atoms with Crippen molar-refractivity contribution in [1.82, 2.24) is 0 Å². The molecule has 3 heteroatoms. The minimum Gasteiger partial charge on any atom is -0.207 e. The van der Waals surface area contributed by atoms with Gasteiger partial charge in [0.25, 0.3) is 0 Å². The molecule has 0 aromatic heterocycles. The Kier molecular flexibility index (Phi) is 6.37. The molecule has 0 fully saturated rings. The van der Waals surface area contributed by atoms with Crippen LogP contribution in [0.1, 0.15) is 44.1 Å². The lowest BCUT2D eigenvalue weighted by Crippen LogP contribution is -2.02. The average Bonchev–Trinajstić information content (AvgIpc) is 2.28. The minimum absolute atomic E-state index is 0.101. The summed E-state index contributed by atoms with van der Waals surface area (Å²) in [6.45, 7) is 2.13. The van der Waals surface area contributed by atoms with Crippen LogP contribution in [0.3, 0.4) is 0 Å². The number of rotatable bonds is 6. The summed E-state index contributed by atoms with van der Waals surface area (Å²) < 4.78 is 14.7. The van der Waals surface area contributed by atoms with Crippen LogP contribution in [-0.4, -0.2) is 5.88 Å². The molecule has 1 aromatic carbocycles. The van der Waals surface area contributed by atoms with Crippen molar-refractivity contribution >= 4 is 27.5 Å². The summed E-state index contributed by atoms with van der Waals surface area (Å²) in [7, 11) is 0. The van der Waals surface area contributed by atoms with Gasteiger partial charge >= 0.3 is 0 Å². The highest BCUT2D eigenvalue weighted by atomic mass is 79.9. The first-order chi connectivity index (χ1) is 7.69. The molecule has 0 spiro atoms. The Balaban J connectivity index is 2.85. The Morgan fingerprint density at radius 3 is 2.75 bits per heavy atom. The van der Waals surface area contributed by atoms with Crippen molar-refractivity contribution in [1.29, 1.82) is 0 Å². The maximum absolute atomic E-state index is 13.7. The monoisotopic (exact) mass is 306 g/mol. The second-order valence-corrected chi connectivity index (χ2v) is 5.28. The van der Waals surface area contributed by atoms with Crippen LogP contribution in [0, 0.1) is 5.82 Å². The highest BCUT2D eigenvalue weighted by Gasteiger charge is 2.15. The van der Waals surface area contributed by atoms with Gasteiger partial charge in [0, 0.05) is 10.4 Å². The quantitative estimate of drug-likeness (QED) is 0.609. The molecule has 90 valence electrons. The van der Waals surface area contributed by atoms with Crippen molar-refractivity contribution in [2.75, 3.05) is 5.88 Å². The summed E-state index contributed by atoms with van der Waals surface area (Å²) in [5.41, 5.74) is 0.821. The molecular formula is C13H17BrClF. The first-order valence-electron chi connectivity index (χ1n) is 5.70. The average molecular weight is 308 g/mol. The molecule has 0 amide bonds. The van der Waals surface area contributed by atoms with Gasteiger partial charge in [-0.25, -0.2) is 4.39 Å². The van der Waals surface area contributed by atoms with Crippen molar-refractivity contribution in [2.24, 2.45) is 0 Å². The minimum atomic E-state index is -0.101. The SMILES string of the molecule is CCCC(CCCCl)c1cc(Br)ccc1F. The Morgan fingerprint density at radius 1 is 1.38 bits per heavy atom. The van der Waals surface area contributed by atoms with Gasteiger partial charge in [0.1, 0.15) is 5.82 Å². The Morgan fingerprint density at radius 2 is 2.12 bits per heavy atom. The largest absolute Gasteiger partial charge is 0.207 e. The fourth-order valence-corrected chi connectivity index (χ4v) is 2.49. The van der Waals surface area contributed by atoms with E-state index in [-0.39, 0.29) is 5.82 Å². The van der Waals surface area contributed by atoms with E-state index in [9.17, 15) is 4.39 Å². The van der Waals surface area contributed by atoms with Crippen LogP contribution in [0.4, 0.5) is 4.39 Å². The third-order valence-electron chi connectivity index (χ3n) is 2.72. The maximum atomic E-state index is 13.7. The van der Waals surface area contributed by atoms with Crippen LogP contribution in [0.25, 0.3) is 0 Å². The van der Waals surface area contributed by atoms with Crippen molar-refractivity contribution in [2.45, 2.75) is 38.5 Å². The van der Waals surface area contributed by atoms with Gasteiger partial charge < -0.3 is 0 Å². The lowest BCUT2D eigenvalue weighted by Gasteiger charge is -2.17. The highest BCUT2D eigenvalue weighted by molar-refractivity contribution is 9.10. The summed E-state index contributed by atoms with van der Waals surface area (Å²) in [4.78, 5) is 0. The number of benzene rings is 1. The second kappa shape index (κ2) is 7.29. The number of alkyl halides is 1. The van der Waals surface area contributed by atoms with Gasteiger partial charge in [-0.05, 0) is 48.9 Å². The van der Waals surface area contributed by atoms with E-state index in [0.29, 0.717) is 11.8 Å². The molecule has 1 atom stereocenters. The normalized spacial score (nSPS) is 12.8. The molecule has 0 bridgehead atoms. The molecule has 0 radical (unpaired) electrons. The van der Waals surface area contributed by atoms with Gasteiger partial charge in [-0.2, -0.15) is 0 Å². The summed E-state index contributed by atoms with van der Waals surface area (Å²) in [6.07, 6.45) is 3.99. The molecule has 0 saturated carbocycles. The van der Waals surface area contributed by atoms with Gasteiger partial charge in [-0.1, -0.05) is 29.3 Å². The third-order valence-corrected chi connectivity index (χ3v) is 3.48. The molecule has 0 N–H and O–H groups in total. The lowest BCUT2D eigenvalue weighted by atomic mass is 9.90. The van der Waals surface area contributed by atoms with E-state index in [1.807, 2.05) is 6.07 Å². The van der Waals surface area contributed by atoms with Crippen LogP contribution in [0.15, 0.2) is 22.7 Å². The van der Waals surface area contributed by atoms with Gasteiger partial charge in [0.2, 0.25) is 0 Å². The lowest BCUT2D eigenvalue weighted by molar-refractivity contribution is 0.520. The topological polar surface area (TPSA) is 0 Å². The summed E-state index contributed by atoms with van der Waals surface area (Å²) in [6, 6.07) is 5.16. The first-order valence-corrected chi connectivity index (χ1v) is 7.02. The first kappa shape index (κ1) is 14.0. The molecule has 0 aliphatic heterocycles. The van der Waals surface area contributed by atoms with E-state index in [1.54, 1.807) is 6.07 Å². The zero-order chi connectivity index (χ0) is 12.0. The predicted octanol–water partition coefficient (Wildman–Crippen LogP) is 5.49. The molecule has 1 aromatic rings. The molecule has 0 aliphatic rings. The van der Waals surface area contributed by atoms with Crippen LogP contribution in [0.5, 0.6) is 0 Å². The molecule has 1 unspecified atom stereocenters. The summed E-state index contributed by atoms with van der Waals surface area (Å²) >= 11 is 9.09. The van der Waals surface area contributed by atoms with Crippen LogP contribution >= 0.6 is 27.5 Å². The zero-order valence-electron chi connectivity index (χ0n) is 9.48.